The zero-order valence-electron chi connectivity index (χ0n) is 13.7. The number of hydrogen-bond acceptors (Lipinski definition) is 11. The van der Waals surface area contributed by atoms with Gasteiger partial charge in [-0.3, -0.25) is 0 Å². The van der Waals surface area contributed by atoms with Gasteiger partial charge in [0, 0.05) is 0 Å². The van der Waals surface area contributed by atoms with E-state index in [2.05, 4.69) is 5.92 Å². The van der Waals surface area contributed by atoms with Crippen LogP contribution in [0.4, 0.5) is 0 Å². The summed E-state index contributed by atoms with van der Waals surface area (Å²) in [5.74, 6) is -0.244. The average molecular weight is 380 g/mol. The van der Waals surface area contributed by atoms with Gasteiger partial charge >= 0.3 is 0 Å². The molecule has 26 heavy (non-hydrogen) atoms. The Morgan fingerprint density at radius 1 is 0.923 bits per heavy atom. The Morgan fingerprint density at radius 2 is 1.54 bits per heavy atom. The number of hydrogen-bond donors (Lipinski definition) is 8. The molecule has 0 radical (unpaired) electrons. The fraction of sp³-hybridized carbons (Fsp3) is 0.867. The Kier molecular flexibility index (Phi) is 6.94. The van der Waals surface area contributed by atoms with Gasteiger partial charge in [-0.25, -0.2) is 0 Å². The number of ether oxygens (including phenoxy) is 3. The Bertz CT molecular complexity index is 506. The summed E-state index contributed by atoms with van der Waals surface area (Å²) in [5.41, 5.74) is 0. The second-order valence-electron chi connectivity index (χ2n) is 6.30. The van der Waals surface area contributed by atoms with E-state index in [9.17, 15) is 35.7 Å². The second kappa shape index (κ2) is 8.42. The average Bonchev–Trinajstić information content (AvgIpc) is 2.62. The molecule has 0 bridgehead atoms. The van der Waals surface area contributed by atoms with Gasteiger partial charge in [0.15, 0.2) is 6.29 Å². The van der Waals surface area contributed by atoms with Crippen molar-refractivity contribution in [1.82, 2.24) is 0 Å². The maximum absolute atomic E-state index is 10.3. The van der Waals surface area contributed by atoms with Crippen molar-refractivity contribution < 1.29 is 55.1 Å². The molecule has 150 valence electrons. The fourth-order valence-corrected chi connectivity index (χ4v) is 3.00. The Balaban J connectivity index is 2.18. The molecule has 8 N–H and O–H groups in total. The highest BCUT2D eigenvalue weighted by molar-refractivity contribution is 5.03. The van der Waals surface area contributed by atoms with Gasteiger partial charge in [-0.2, -0.15) is 0 Å². The van der Waals surface area contributed by atoms with Gasteiger partial charge in [-0.1, -0.05) is 0 Å². The largest absolute Gasteiger partial charge is 0.394 e. The van der Waals surface area contributed by atoms with Crippen LogP contribution in [0.15, 0.2) is 0 Å². The highest BCUT2D eigenvalue weighted by Gasteiger charge is 2.55. The number of terminal acetylenes is 1. The van der Waals surface area contributed by atoms with Crippen molar-refractivity contribution in [3.8, 4) is 12.3 Å². The summed E-state index contributed by atoms with van der Waals surface area (Å²) in [7, 11) is 0. The third kappa shape index (κ3) is 3.86. The fourth-order valence-electron chi connectivity index (χ4n) is 3.00. The highest BCUT2D eigenvalue weighted by atomic mass is 16.7. The van der Waals surface area contributed by atoms with Gasteiger partial charge in [0.05, 0.1) is 19.6 Å². The molecule has 11 nitrogen and oxygen atoms in total. The van der Waals surface area contributed by atoms with Crippen LogP contribution in [0.25, 0.3) is 0 Å². The molecule has 0 saturated carbocycles. The summed E-state index contributed by atoms with van der Waals surface area (Å²) in [6.45, 7) is -1.44. The topological polar surface area (TPSA) is 190 Å². The molecular formula is C15H24O11. The van der Waals surface area contributed by atoms with Gasteiger partial charge in [0.1, 0.15) is 48.8 Å². The van der Waals surface area contributed by atoms with Crippen LogP contribution in [0.1, 0.15) is 6.42 Å². The Morgan fingerprint density at radius 3 is 2.08 bits per heavy atom. The predicted octanol–water partition coefficient (Wildman–Crippen LogP) is -5.00. The van der Waals surface area contributed by atoms with Crippen LogP contribution in [0.3, 0.4) is 0 Å². The van der Waals surface area contributed by atoms with Crippen molar-refractivity contribution in [2.24, 2.45) is 0 Å². The molecule has 10 atom stereocenters. The van der Waals surface area contributed by atoms with E-state index in [1.807, 2.05) is 0 Å². The third-order valence-electron chi connectivity index (χ3n) is 4.52. The van der Waals surface area contributed by atoms with Crippen molar-refractivity contribution in [3.05, 3.63) is 0 Å². The van der Waals surface area contributed by atoms with Crippen LogP contribution in [-0.4, -0.2) is 115 Å². The van der Waals surface area contributed by atoms with E-state index in [0.29, 0.717) is 0 Å². The molecular weight excluding hydrogens is 356 g/mol. The molecule has 0 spiro atoms. The lowest BCUT2D eigenvalue weighted by molar-refractivity contribution is -0.382. The number of aliphatic hydroxyl groups is 8. The molecule has 2 aliphatic rings. The summed E-state index contributed by atoms with van der Waals surface area (Å²) >= 11 is 0. The van der Waals surface area contributed by atoms with Crippen molar-refractivity contribution in [2.75, 3.05) is 13.2 Å². The van der Waals surface area contributed by atoms with Crippen LogP contribution in [-0.2, 0) is 14.2 Å². The smallest absolute Gasteiger partial charge is 0.206 e. The van der Waals surface area contributed by atoms with E-state index in [1.54, 1.807) is 0 Å². The molecule has 0 amide bonds. The minimum absolute atomic E-state index is 0.478. The standard InChI is InChI=1S/C15H24O11/c1-2-3-15(23)13(22)11(21)12(7(5-17)26-15)25-14-10(20)9(19)8(18)6(4-16)24-14/h1,6-14,16-23H,3-5H2/t6-,7-,8+,9+,10-,11+,12-,13-,14+,15-/m1/s1. The first-order chi connectivity index (χ1) is 12.2. The summed E-state index contributed by atoms with van der Waals surface area (Å²) in [6, 6.07) is 0. The summed E-state index contributed by atoms with van der Waals surface area (Å²) < 4.78 is 15.7. The summed E-state index contributed by atoms with van der Waals surface area (Å²) in [6.07, 6.45) is -9.91. The monoisotopic (exact) mass is 380 g/mol. The van der Waals surface area contributed by atoms with Crippen LogP contribution < -0.4 is 0 Å². The van der Waals surface area contributed by atoms with Crippen LogP contribution in [0.5, 0.6) is 0 Å². The van der Waals surface area contributed by atoms with Crippen LogP contribution in [0.2, 0.25) is 0 Å². The van der Waals surface area contributed by atoms with Gasteiger partial charge in [0.25, 0.3) is 0 Å². The third-order valence-corrected chi connectivity index (χ3v) is 4.52. The van der Waals surface area contributed by atoms with Gasteiger partial charge in [-0.05, 0) is 0 Å². The van der Waals surface area contributed by atoms with Crippen molar-refractivity contribution in [1.29, 1.82) is 0 Å². The normalized spacial score (nSPS) is 49.6. The lowest BCUT2D eigenvalue weighted by atomic mass is 9.90. The molecule has 2 saturated heterocycles. The van der Waals surface area contributed by atoms with Crippen molar-refractivity contribution >= 4 is 0 Å². The number of rotatable bonds is 5. The van der Waals surface area contributed by atoms with E-state index < -0.39 is 80.5 Å². The molecule has 2 rings (SSSR count). The molecule has 0 aromatic heterocycles. The van der Waals surface area contributed by atoms with E-state index in [4.69, 9.17) is 25.7 Å². The van der Waals surface area contributed by atoms with Crippen LogP contribution in [0, 0.1) is 12.3 Å². The SMILES string of the molecule is C#CC[C@@]1(O)O[C@H](CO)[C@@H](O[C@@H]2O[C@H](CO)[C@H](O)[C@H](O)[C@H]2O)[C@H](O)[C@H]1O. The molecule has 2 aliphatic heterocycles. The lowest BCUT2D eigenvalue weighted by Crippen LogP contribution is -2.68. The molecule has 0 aromatic carbocycles. The van der Waals surface area contributed by atoms with Crippen LogP contribution >= 0.6 is 0 Å². The van der Waals surface area contributed by atoms with E-state index in [0.717, 1.165) is 0 Å². The van der Waals surface area contributed by atoms with E-state index in [-0.39, 0.29) is 0 Å². The van der Waals surface area contributed by atoms with Gasteiger partial charge < -0.3 is 55.1 Å². The second-order valence-corrected chi connectivity index (χ2v) is 6.30. The molecule has 0 aliphatic carbocycles. The minimum atomic E-state index is -2.32. The Hall–Kier alpha value is -0.880. The molecule has 2 heterocycles. The first-order valence-corrected chi connectivity index (χ1v) is 7.96. The minimum Gasteiger partial charge on any atom is -0.394 e. The number of aliphatic hydroxyl groups excluding tert-OH is 7. The first kappa shape index (κ1) is 21.4. The lowest BCUT2D eigenvalue weighted by Gasteiger charge is -2.48. The highest BCUT2D eigenvalue weighted by Crippen LogP contribution is 2.34. The van der Waals surface area contributed by atoms with E-state index in [1.165, 1.54) is 0 Å². The molecule has 0 unspecified atom stereocenters. The zero-order chi connectivity index (χ0) is 19.6. The zero-order valence-corrected chi connectivity index (χ0v) is 13.7. The van der Waals surface area contributed by atoms with Crippen molar-refractivity contribution in [3.63, 3.8) is 0 Å². The van der Waals surface area contributed by atoms with Gasteiger partial charge in [-0.15, -0.1) is 12.3 Å². The van der Waals surface area contributed by atoms with Gasteiger partial charge in [0.2, 0.25) is 5.79 Å². The first-order valence-electron chi connectivity index (χ1n) is 7.96. The predicted molar refractivity (Wildman–Crippen MR) is 81.0 cm³/mol. The maximum Gasteiger partial charge on any atom is 0.206 e. The van der Waals surface area contributed by atoms with Crippen molar-refractivity contribution in [2.45, 2.75) is 67.3 Å². The van der Waals surface area contributed by atoms with E-state index >= 15 is 0 Å². The maximum atomic E-state index is 10.3. The quantitative estimate of drug-likeness (QED) is 0.213. The Labute approximate surface area is 149 Å². The molecule has 11 heteroatoms. The molecule has 2 fully saturated rings. The summed E-state index contributed by atoms with van der Waals surface area (Å²) in [4.78, 5) is 0. The molecule has 0 aromatic rings. The summed E-state index contributed by atoms with van der Waals surface area (Å²) in [5, 5.41) is 78.7.